The van der Waals surface area contributed by atoms with E-state index in [2.05, 4.69) is 51.6 Å². The maximum Gasteiger partial charge on any atom is 0.136 e. The number of hydrogen-bond acceptors (Lipinski definition) is 4. The molecule has 0 bridgehead atoms. The molecule has 4 saturated carbocycles. The molecule has 4 fully saturated rings. The Hall–Kier alpha value is -1.10. The molecule has 198 valence electrons. The summed E-state index contributed by atoms with van der Waals surface area (Å²) in [7, 11) is 0. The van der Waals surface area contributed by atoms with Crippen LogP contribution in [0.25, 0.3) is 10.4 Å². The van der Waals surface area contributed by atoms with Crippen molar-refractivity contribution in [3.63, 3.8) is 0 Å². The van der Waals surface area contributed by atoms with E-state index < -0.39 is 12.2 Å². The Bertz CT molecular complexity index is 841. The van der Waals surface area contributed by atoms with E-state index in [4.69, 9.17) is 5.53 Å². The van der Waals surface area contributed by atoms with E-state index in [1.54, 1.807) is 0 Å². The fourth-order valence-electron chi connectivity index (χ4n) is 10.0. The van der Waals surface area contributed by atoms with Gasteiger partial charge in [-0.2, -0.15) is 0 Å². The quantitative estimate of drug-likeness (QED) is 0.242. The Morgan fingerprint density at radius 3 is 2.31 bits per heavy atom. The van der Waals surface area contributed by atoms with Crippen molar-refractivity contribution in [1.29, 1.82) is 0 Å². The van der Waals surface area contributed by atoms with Crippen LogP contribution in [0.5, 0.6) is 0 Å². The van der Waals surface area contributed by atoms with E-state index in [-0.39, 0.29) is 34.6 Å². The van der Waals surface area contributed by atoms with Gasteiger partial charge in [0.15, 0.2) is 0 Å². The number of fused-ring (bicyclic) bond motifs is 5. The Kier molecular flexibility index (Phi) is 7.69. The van der Waals surface area contributed by atoms with Crippen molar-refractivity contribution in [3.05, 3.63) is 10.4 Å². The summed E-state index contributed by atoms with van der Waals surface area (Å²) in [6, 6.07) is -0.0326. The average molecular weight is 488 g/mol. The van der Waals surface area contributed by atoms with Crippen LogP contribution < -0.4 is 0 Å². The summed E-state index contributed by atoms with van der Waals surface area (Å²) < 4.78 is 0. The van der Waals surface area contributed by atoms with Crippen molar-refractivity contribution in [1.82, 2.24) is 0 Å². The van der Waals surface area contributed by atoms with Crippen LogP contribution in [0.3, 0.4) is 0 Å². The van der Waals surface area contributed by atoms with E-state index >= 15 is 0 Å². The molecule has 0 spiro atoms. The summed E-state index contributed by atoms with van der Waals surface area (Å²) in [4.78, 5) is 16.5. The summed E-state index contributed by atoms with van der Waals surface area (Å²) in [5.41, 5.74) is 9.06. The van der Waals surface area contributed by atoms with Crippen molar-refractivity contribution in [2.75, 3.05) is 0 Å². The molecule has 6 nitrogen and oxygen atoms in total. The lowest BCUT2D eigenvalue weighted by Gasteiger charge is -2.60. The van der Waals surface area contributed by atoms with Crippen molar-refractivity contribution in [2.45, 2.75) is 118 Å². The van der Waals surface area contributed by atoms with Gasteiger partial charge in [-0.15, -0.1) is 0 Å². The standard InChI is InChI=1S/C29H49N3O3/c1-7-19(16(2)3)27(35)26(34)17(4)21-8-9-22-20-15-25(33)24-14-18(31-32-30)10-12-29(24,6)23(20)11-13-28(21,22)5/h16-24,26-27,34-35H,7-15H2,1-6H3/t17-,18?,19-,20-,21+,22-,23-,24+,26+,27+,28+,29+/m0/s1. The summed E-state index contributed by atoms with van der Waals surface area (Å²) in [6.07, 6.45) is 7.28. The topological polar surface area (TPSA) is 106 Å². The minimum atomic E-state index is -0.702. The lowest BCUT2D eigenvalue weighted by Crippen LogP contribution is -2.57. The molecule has 1 unspecified atom stereocenters. The van der Waals surface area contributed by atoms with Crippen molar-refractivity contribution < 1.29 is 15.0 Å². The minimum absolute atomic E-state index is 0.0217. The molecule has 35 heavy (non-hydrogen) atoms. The highest BCUT2D eigenvalue weighted by atomic mass is 16.3. The SMILES string of the molecule is CC[C@@H](C(C)C)[C@@H](O)[C@H](O)[C@@H](C)[C@H]1CC[C@H]2[C@@H]3CC(=O)[C@H]4CC(N=[N+]=[N-])CC[C@]4(C)[C@H]3CC[C@]12C. The number of nitrogens with zero attached hydrogens (tertiary/aromatic N) is 3. The third kappa shape index (κ3) is 4.36. The van der Waals surface area contributed by atoms with Crippen LogP contribution in [-0.2, 0) is 4.79 Å². The van der Waals surface area contributed by atoms with Gasteiger partial charge in [-0.1, -0.05) is 53.1 Å². The number of carbonyl (C=O) groups excluding carboxylic acids is 1. The summed E-state index contributed by atoms with van der Waals surface area (Å²) in [5, 5.41) is 26.4. The highest BCUT2D eigenvalue weighted by molar-refractivity contribution is 5.83. The normalized spacial score (nSPS) is 44.4. The second-order valence-electron chi connectivity index (χ2n) is 13.6. The fraction of sp³-hybridized carbons (Fsp3) is 0.966. The van der Waals surface area contributed by atoms with Crippen LogP contribution in [0.4, 0.5) is 0 Å². The number of hydrogen-bond donors (Lipinski definition) is 2. The van der Waals surface area contributed by atoms with Gasteiger partial charge in [0.05, 0.1) is 12.2 Å². The van der Waals surface area contributed by atoms with E-state index in [0.717, 1.165) is 51.4 Å². The minimum Gasteiger partial charge on any atom is -0.390 e. The highest BCUT2D eigenvalue weighted by Gasteiger charge is 2.63. The molecule has 12 atom stereocenters. The van der Waals surface area contributed by atoms with Gasteiger partial charge >= 0.3 is 0 Å². The first kappa shape index (κ1) is 26.9. The molecule has 0 aliphatic heterocycles. The first-order valence-electron chi connectivity index (χ1n) is 14.4. The number of rotatable bonds is 7. The number of aliphatic hydroxyl groups is 2. The Labute approximate surface area is 212 Å². The number of aliphatic hydroxyl groups excluding tert-OH is 2. The number of carbonyl (C=O) groups is 1. The molecule has 4 rings (SSSR count). The molecule has 0 radical (unpaired) electrons. The fourth-order valence-corrected chi connectivity index (χ4v) is 10.0. The maximum atomic E-state index is 13.5. The van der Waals surface area contributed by atoms with Gasteiger partial charge in [0.25, 0.3) is 0 Å². The molecule has 0 aromatic rings. The zero-order chi connectivity index (χ0) is 25.7. The lowest BCUT2D eigenvalue weighted by atomic mass is 9.44. The Balaban J connectivity index is 1.53. The third-order valence-corrected chi connectivity index (χ3v) is 12.0. The van der Waals surface area contributed by atoms with E-state index in [1.807, 2.05) is 0 Å². The zero-order valence-electron chi connectivity index (χ0n) is 22.9. The predicted molar refractivity (Wildman–Crippen MR) is 138 cm³/mol. The van der Waals surface area contributed by atoms with Gasteiger partial charge in [0.1, 0.15) is 5.78 Å². The molecule has 4 aliphatic carbocycles. The van der Waals surface area contributed by atoms with Crippen LogP contribution in [-0.4, -0.2) is 34.2 Å². The van der Waals surface area contributed by atoms with Crippen molar-refractivity contribution in [2.24, 2.45) is 63.3 Å². The monoisotopic (exact) mass is 487 g/mol. The summed E-state index contributed by atoms with van der Waals surface area (Å²) >= 11 is 0. The van der Waals surface area contributed by atoms with Gasteiger partial charge in [-0.3, -0.25) is 4.79 Å². The molecular formula is C29H49N3O3. The van der Waals surface area contributed by atoms with Crippen LogP contribution in [0.2, 0.25) is 0 Å². The van der Waals surface area contributed by atoms with E-state index in [1.165, 1.54) is 0 Å². The molecule has 0 saturated heterocycles. The van der Waals surface area contributed by atoms with Crippen molar-refractivity contribution >= 4 is 5.78 Å². The van der Waals surface area contributed by atoms with E-state index in [9.17, 15) is 15.0 Å². The smallest absolute Gasteiger partial charge is 0.136 e. The zero-order valence-corrected chi connectivity index (χ0v) is 22.9. The molecule has 2 N–H and O–H groups in total. The lowest BCUT2D eigenvalue weighted by molar-refractivity contribution is -0.157. The first-order chi connectivity index (χ1) is 16.5. The van der Waals surface area contributed by atoms with Crippen LogP contribution in [0.1, 0.15) is 99.3 Å². The third-order valence-electron chi connectivity index (χ3n) is 12.0. The van der Waals surface area contributed by atoms with Crippen molar-refractivity contribution in [3.8, 4) is 0 Å². The second-order valence-corrected chi connectivity index (χ2v) is 13.6. The molecule has 0 amide bonds. The van der Waals surface area contributed by atoms with Gasteiger partial charge in [-0.05, 0) is 103 Å². The molecule has 6 heteroatoms. The molecular weight excluding hydrogens is 438 g/mol. The van der Waals surface area contributed by atoms with Crippen LogP contribution in [0, 0.1) is 58.2 Å². The highest BCUT2D eigenvalue weighted by Crippen LogP contribution is 2.68. The second kappa shape index (κ2) is 9.99. The predicted octanol–water partition coefficient (Wildman–Crippen LogP) is 6.54. The summed E-state index contributed by atoms with van der Waals surface area (Å²) in [6.45, 7) is 13.3. The van der Waals surface area contributed by atoms with Gasteiger partial charge < -0.3 is 10.2 Å². The van der Waals surface area contributed by atoms with Gasteiger partial charge in [0.2, 0.25) is 0 Å². The Morgan fingerprint density at radius 2 is 1.69 bits per heavy atom. The van der Waals surface area contributed by atoms with E-state index in [0.29, 0.717) is 41.8 Å². The van der Waals surface area contributed by atoms with Gasteiger partial charge in [0, 0.05) is 23.3 Å². The van der Waals surface area contributed by atoms with Crippen LogP contribution >= 0.6 is 0 Å². The summed E-state index contributed by atoms with van der Waals surface area (Å²) in [5.74, 6) is 2.81. The largest absolute Gasteiger partial charge is 0.390 e. The van der Waals surface area contributed by atoms with Crippen LogP contribution in [0.15, 0.2) is 5.11 Å². The molecule has 4 aliphatic rings. The average Bonchev–Trinajstić information content (AvgIpc) is 3.16. The molecule has 0 aromatic heterocycles. The Morgan fingerprint density at radius 1 is 1.03 bits per heavy atom. The number of Topliss-reactive ketones (excluding diaryl/α,β-unsaturated/α-hetero) is 1. The first-order valence-corrected chi connectivity index (χ1v) is 14.4. The number of ketones is 1. The number of azide groups is 1. The van der Waals surface area contributed by atoms with Gasteiger partial charge in [-0.25, -0.2) is 0 Å². The maximum absolute atomic E-state index is 13.5. The molecule has 0 aromatic carbocycles. The molecule has 0 heterocycles.